The molecule has 9 nitrogen and oxygen atoms in total. The molecule has 0 aliphatic heterocycles. The maximum absolute atomic E-state index is 12.3. The summed E-state index contributed by atoms with van der Waals surface area (Å²) in [5.41, 5.74) is 2.36. The fourth-order valence-electron chi connectivity index (χ4n) is 3.36. The van der Waals surface area contributed by atoms with Gasteiger partial charge in [0.1, 0.15) is 16.9 Å². The van der Waals surface area contributed by atoms with E-state index >= 15 is 0 Å². The Morgan fingerprint density at radius 2 is 1.85 bits per heavy atom. The van der Waals surface area contributed by atoms with Crippen molar-refractivity contribution < 1.29 is 23.5 Å². The van der Waals surface area contributed by atoms with Crippen LogP contribution in [0.25, 0.3) is 22.4 Å². The van der Waals surface area contributed by atoms with Crippen molar-refractivity contribution in [2.24, 2.45) is 0 Å². The summed E-state index contributed by atoms with van der Waals surface area (Å²) in [6, 6.07) is 12.8. The number of hydrogen-bond acceptors (Lipinski definition) is 9. The van der Waals surface area contributed by atoms with Crippen LogP contribution in [0.4, 0.5) is 5.82 Å². The van der Waals surface area contributed by atoms with Crippen molar-refractivity contribution in [3.63, 3.8) is 0 Å². The molecule has 34 heavy (non-hydrogen) atoms. The molecule has 0 unspecified atom stereocenters. The average Bonchev–Trinajstić information content (AvgIpc) is 3.28. The van der Waals surface area contributed by atoms with E-state index in [2.05, 4.69) is 20.4 Å². The van der Waals surface area contributed by atoms with Crippen LogP contribution in [-0.2, 0) is 11.3 Å². The molecule has 2 aromatic carbocycles. The molecule has 0 fully saturated rings. The highest BCUT2D eigenvalue weighted by Crippen LogP contribution is 2.33. The van der Waals surface area contributed by atoms with E-state index in [1.54, 1.807) is 26.2 Å². The molecule has 0 aliphatic rings. The quantitative estimate of drug-likeness (QED) is 0.324. The van der Waals surface area contributed by atoms with Crippen molar-refractivity contribution in [3.8, 4) is 22.8 Å². The third-order valence-electron chi connectivity index (χ3n) is 4.90. The van der Waals surface area contributed by atoms with Crippen LogP contribution < -0.4 is 14.8 Å². The number of methoxy groups -OCH3 is 1. The fourth-order valence-corrected chi connectivity index (χ4v) is 3.48. The molecule has 0 amide bonds. The Morgan fingerprint density at radius 1 is 1.06 bits per heavy atom. The monoisotopic (exact) mass is 482 g/mol. The van der Waals surface area contributed by atoms with Gasteiger partial charge in [-0.25, -0.2) is 9.78 Å². The number of hydrogen-bond donors (Lipinski definition) is 1. The van der Waals surface area contributed by atoms with Crippen molar-refractivity contribution in [2.45, 2.75) is 20.4 Å². The standard InChI is InChI=1S/C24H23ClN4O5/c1-4-32-17-11-6-14(12-18(17)31-3)13-26-21-19-20(15-7-9-16(25)10-8-15)29-34-23(19)28-22(27-21)24(30)33-5-2/h6-12H,4-5,13H2,1-3H3,(H,26,27,28). The molecule has 10 heteroatoms. The molecule has 2 aromatic heterocycles. The Labute approximate surface area is 201 Å². The lowest BCUT2D eigenvalue weighted by atomic mass is 10.1. The molecule has 2 heterocycles. The topological polar surface area (TPSA) is 109 Å². The summed E-state index contributed by atoms with van der Waals surface area (Å²) >= 11 is 6.03. The molecule has 0 saturated carbocycles. The van der Waals surface area contributed by atoms with Gasteiger partial charge in [0.2, 0.25) is 5.82 Å². The van der Waals surface area contributed by atoms with Crippen molar-refractivity contribution in [1.29, 1.82) is 0 Å². The first kappa shape index (κ1) is 23.3. The highest BCUT2D eigenvalue weighted by atomic mass is 35.5. The molecule has 0 aliphatic carbocycles. The lowest BCUT2D eigenvalue weighted by Gasteiger charge is -2.12. The number of rotatable bonds is 9. The van der Waals surface area contributed by atoms with Crippen LogP contribution in [0.15, 0.2) is 47.0 Å². The van der Waals surface area contributed by atoms with E-state index in [9.17, 15) is 4.79 Å². The van der Waals surface area contributed by atoms with Crippen LogP contribution in [0.5, 0.6) is 11.5 Å². The summed E-state index contributed by atoms with van der Waals surface area (Å²) in [6.07, 6.45) is 0. The lowest BCUT2D eigenvalue weighted by Crippen LogP contribution is -2.12. The van der Waals surface area contributed by atoms with Crippen molar-refractivity contribution in [1.82, 2.24) is 15.1 Å². The normalized spacial score (nSPS) is 10.8. The predicted molar refractivity (Wildman–Crippen MR) is 127 cm³/mol. The minimum absolute atomic E-state index is 0.125. The maximum atomic E-state index is 12.3. The van der Waals surface area contributed by atoms with Gasteiger partial charge in [-0.2, -0.15) is 4.98 Å². The SMILES string of the molecule is CCOC(=O)c1nc(NCc2ccc(OCC)c(OC)c2)c2c(-c3ccc(Cl)cc3)noc2n1. The summed E-state index contributed by atoms with van der Waals surface area (Å²) < 4.78 is 21.5. The molecular formula is C24H23ClN4O5. The second-order valence-corrected chi connectivity index (χ2v) is 7.54. The van der Waals surface area contributed by atoms with Crippen LogP contribution in [0.2, 0.25) is 5.02 Å². The number of nitrogens with one attached hydrogen (secondary N) is 1. The summed E-state index contributed by atoms with van der Waals surface area (Å²) in [7, 11) is 1.59. The third kappa shape index (κ3) is 4.89. The van der Waals surface area contributed by atoms with E-state index in [0.717, 1.165) is 11.1 Å². The van der Waals surface area contributed by atoms with Gasteiger partial charge >= 0.3 is 5.97 Å². The number of fused-ring (bicyclic) bond motifs is 1. The molecule has 4 aromatic rings. The number of carbonyl (C=O) groups is 1. The second kappa shape index (κ2) is 10.4. The van der Waals surface area contributed by atoms with Crippen LogP contribution >= 0.6 is 11.6 Å². The summed E-state index contributed by atoms with van der Waals surface area (Å²) in [5.74, 6) is 0.881. The first-order valence-electron chi connectivity index (χ1n) is 10.7. The molecule has 0 bridgehead atoms. The number of carbonyl (C=O) groups excluding carboxylic acids is 1. The Kier molecular flexibility index (Phi) is 7.12. The number of anilines is 1. The van der Waals surface area contributed by atoms with E-state index in [-0.39, 0.29) is 18.1 Å². The minimum Gasteiger partial charge on any atom is -0.493 e. The van der Waals surface area contributed by atoms with Gasteiger partial charge in [-0.1, -0.05) is 35.0 Å². The van der Waals surface area contributed by atoms with Crippen molar-refractivity contribution in [3.05, 3.63) is 58.9 Å². The van der Waals surface area contributed by atoms with E-state index < -0.39 is 5.97 Å². The van der Waals surface area contributed by atoms with Gasteiger partial charge in [0.15, 0.2) is 11.5 Å². The first-order chi connectivity index (χ1) is 16.5. The van der Waals surface area contributed by atoms with Gasteiger partial charge in [0, 0.05) is 17.1 Å². The molecular weight excluding hydrogens is 460 g/mol. The Bertz CT molecular complexity index is 1310. The second-order valence-electron chi connectivity index (χ2n) is 7.11. The van der Waals surface area contributed by atoms with Crippen molar-refractivity contribution in [2.75, 3.05) is 25.6 Å². The van der Waals surface area contributed by atoms with Gasteiger partial charge < -0.3 is 24.1 Å². The van der Waals surface area contributed by atoms with E-state index in [1.807, 2.05) is 37.3 Å². The molecule has 0 spiro atoms. The predicted octanol–water partition coefficient (Wildman–Crippen LogP) is 5.13. The number of esters is 1. The van der Waals surface area contributed by atoms with Crippen LogP contribution in [0.1, 0.15) is 30.0 Å². The zero-order chi connectivity index (χ0) is 24.1. The molecule has 0 radical (unpaired) electrons. The van der Waals surface area contributed by atoms with Crippen LogP contribution in [0.3, 0.4) is 0 Å². The van der Waals surface area contributed by atoms with Gasteiger partial charge in [-0.15, -0.1) is 0 Å². The summed E-state index contributed by atoms with van der Waals surface area (Å²) in [6.45, 7) is 4.73. The Morgan fingerprint density at radius 3 is 2.56 bits per heavy atom. The van der Waals surface area contributed by atoms with Gasteiger partial charge in [0.25, 0.3) is 5.71 Å². The minimum atomic E-state index is -0.653. The lowest BCUT2D eigenvalue weighted by molar-refractivity contribution is 0.0512. The number of benzene rings is 2. The van der Waals surface area contributed by atoms with Crippen LogP contribution in [-0.4, -0.2) is 41.4 Å². The number of aromatic nitrogens is 3. The first-order valence-corrected chi connectivity index (χ1v) is 11.1. The van der Waals surface area contributed by atoms with Gasteiger partial charge in [-0.3, -0.25) is 0 Å². The van der Waals surface area contributed by atoms with E-state index in [1.165, 1.54) is 0 Å². The average molecular weight is 483 g/mol. The highest BCUT2D eigenvalue weighted by Gasteiger charge is 2.22. The highest BCUT2D eigenvalue weighted by molar-refractivity contribution is 6.30. The number of nitrogens with zero attached hydrogens (tertiary/aromatic N) is 3. The number of halogens is 1. The zero-order valence-corrected chi connectivity index (χ0v) is 19.7. The zero-order valence-electron chi connectivity index (χ0n) is 18.9. The van der Waals surface area contributed by atoms with Gasteiger partial charge in [0.05, 0.1) is 20.3 Å². The largest absolute Gasteiger partial charge is 0.493 e. The van der Waals surface area contributed by atoms with E-state index in [0.29, 0.717) is 46.6 Å². The Balaban J connectivity index is 1.73. The molecule has 176 valence electrons. The van der Waals surface area contributed by atoms with Gasteiger partial charge in [-0.05, 0) is 43.7 Å². The summed E-state index contributed by atoms with van der Waals surface area (Å²) in [5, 5.41) is 8.57. The maximum Gasteiger partial charge on any atom is 0.376 e. The van der Waals surface area contributed by atoms with E-state index in [4.69, 9.17) is 30.3 Å². The smallest absolute Gasteiger partial charge is 0.376 e. The third-order valence-corrected chi connectivity index (χ3v) is 5.15. The summed E-state index contributed by atoms with van der Waals surface area (Å²) in [4.78, 5) is 21.0. The molecule has 0 saturated heterocycles. The fraction of sp³-hybridized carbons (Fsp3) is 0.250. The Hall–Kier alpha value is -3.85. The van der Waals surface area contributed by atoms with Crippen LogP contribution in [0, 0.1) is 0 Å². The number of ether oxygens (including phenoxy) is 3. The van der Waals surface area contributed by atoms with Crippen molar-refractivity contribution >= 4 is 34.5 Å². The molecule has 0 atom stereocenters. The molecule has 1 N–H and O–H groups in total. The molecule has 4 rings (SSSR count).